The highest BCUT2D eigenvalue weighted by Crippen LogP contribution is 2.30. The maximum Gasteiger partial charge on any atom is 0.337 e. The van der Waals surface area contributed by atoms with Crippen molar-refractivity contribution in [3.63, 3.8) is 0 Å². The number of anilines is 1. The first-order chi connectivity index (χ1) is 8.11. The second-order valence-corrected chi connectivity index (χ2v) is 4.89. The molecule has 2 rings (SSSR count). The molecule has 3 nitrogen and oxygen atoms in total. The Balaban J connectivity index is 2.14. The van der Waals surface area contributed by atoms with Crippen LogP contribution in [-0.2, 0) is 0 Å². The van der Waals surface area contributed by atoms with Crippen LogP contribution in [-0.4, -0.2) is 24.2 Å². The molecular formula is C14H19NO2. The number of aryl methyl sites for hydroxylation is 1. The second-order valence-electron chi connectivity index (χ2n) is 4.89. The van der Waals surface area contributed by atoms with E-state index >= 15 is 0 Å². The van der Waals surface area contributed by atoms with Gasteiger partial charge in [-0.05, 0) is 31.4 Å². The number of nitrogens with zero attached hydrogens (tertiary/aromatic N) is 1. The Hall–Kier alpha value is -1.51. The van der Waals surface area contributed by atoms with Gasteiger partial charge in [-0.15, -0.1) is 0 Å². The lowest BCUT2D eigenvalue weighted by atomic mass is 9.93. The van der Waals surface area contributed by atoms with E-state index in [1.165, 1.54) is 12.8 Å². The van der Waals surface area contributed by atoms with E-state index in [9.17, 15) is 9.90 Å². The lowest BCUT2D eigenvalue weighted by Crippen LogP contribution is -2.47. The van der Waals surface area contributed by atoms with E-state index in [1.54, 1.807) is 6.07 Å². The van der Waals surface area contributed by atoms with E-state index < -0.39 is 5.97 Å². The fraction of sp³-hybridized carbons (Fsp3) is 0.500. The van der Waals surface area contributed by atoms with Crippen molar-refractivity contribution >= 4 is 11.7 Å². The summed E-state index contributed by atoms with van der Waals surface area (Å²) < 4.78 is 0. The summed E-state index contributed by atoms with van der Waals surface area (Å²) in [6.07, 6.45) is 2.45. The van der Waals surface area contributed by atoms with Crippen LogP contribution in [0.1, 0.15) is 35.7 Å². The first-order valence-corrected chi connectivity index (χ1v) is 6.20. The first-order valence-electron chi connectivity index (χ1n) is 6.20. The Labute approximate surface area is 102 Å². The van der Waals surface area contributed by atoms with Crippen molar-refractivity contribution < 1.29 is 9.90 Å². The van der Waals surface area contributed by atoms with Gasteiger partial charge in [0.15, 0.2) is 0 Å². The number of hydrogen-bond acceptors (Lipinski definition) is 2. The molecule has 0 spiro atoms. The third kappa shape index (κ3) is 2.43. The van der Waals surface area contributed by atoms with Gasteiger partial charge in [-0.3, -0.25) is 0 Å². The van der Waals surface area contributed by atoms with Crippen LogP contribution < -0.4 is 4.90 Å². The van der Waals surface area contributed by atoms with E-state index in [0.29, 0.717) is 5.56 Å². The average Bonchev–Trinajstić information content (AvgIpc) is 2.23. The van der Waals surface area contributed by atoms with E-state index in [2.05, 4.69) is 11.8 Å². The minimum absolute atomic E-state index is 0.431. The fourth-order valence-corrected chi connectivity index (χ4v) is 2.45. The standard InChI is InChI=1S/C14H19NO2/c1-3-4-11-8-15(9-11)13-6-5-10(2)7-12(13)14(16)17/h5-7,11H,3-4,8-9H2,1-2H3,(H,16,17). The summed E-state index contributed by atoms with van der Waals surface area (Å²) in [6, 6.07) is 5.67. The molecule has 0 aliphatic carbocycles. The largest absolute Gasteiger partial charge is 0.478 e. The first kappa shape index (κ1) is 12.0. The Morgan fingerprint density at radius 2 is 2.18 bits per heavy atom. The van der Waals surface area contributed by atoms with E-state index in [1.807, 2.05) is 19.1 Å². The smallest absolute Gasteiger partial charge is 0.337 e. The molecule has 0 saturated carbocycles. The van der Waals surface area contributed by atoms with Gasteiger partial charge in [-0.1, -0.05) is 25.0 Å². The van der Waals surface area contributed by atoms with E-state index in [0.717, 1.165) is 30.3 Å². The van der Waals surface area contributed by atoms with Gasteiger partial charge in [-0.2, -0.15) is 0 Å². The van der Waals surface area contributed by atoms with Crippen LogP contribution in [0.4, 0.5) is 5.69 Å². The van der Waals surface area contributed by atoms with E-state index in [4.69, 9.17) is 0 Å². The molecule has 0 radical (unpaired) electrons. The van der Waals surface area contributed by atoms with Crippen molar-refractivity contribution in [2.45, 2.75) is 26.7 Å². The number of benzene rings is 1. The quantitative estimate of drug-likeness (QED) is 0.869. The maximum atomic E-state index is 11.2. The molecule has 1 saturated heterocycles. The van der Waals surface area contributed by atoms with Gasteiger partial charge < -0.3 is 10.0 Å². The fourth-order valence-electron chi connectivity index (χ4n) is 2.45. The lowest BCUT2D eigenvalue weighted by Gasteiger charge is -2.41. The Kier molecular flexibility index (Phi) is 3.36. The van der Waals surface area contributed by atoms with Crippen LogP contribution in [0.25, 0.3) is 0 Å². The van der Waals surface area contributed by atoms with Crippen LogP contribution in [0.5, 0.6) is 0 Å². The zero-order valence-electron chi connectivity index (χ0n) is 10.4. The summed E-state index contributed by atoms with van der Waals surface area (Å²) in [5.41, 5.74) is 2.30. The maximum absolute atomic E-state index is 11.2. The van der Waals surface area contributed by atoms with Crippen molar-refractivity contribution in [2.75, 3.05) is 18.0 Å². The third-order valence-corrected chi connectivity index (χ3v) is 3.38. The Bertz CT molecular complexity index is 422. The normalized spacial score (nSPS) is 15.8. The summed E-state index contributed by atoms with van der Waals surface area (Å²) in [4.78, 5) is 13.4. The molecule has 1 aliphatic rings. The molecular weight excluding hydrogens is 214 g/mol. The van der Waals surface area contributed by atoms with Gasteiger partial charge in [0.25, 0.3) is 0 Å². The number of hydrogen-bond donors (Lipinski definition) is 1. The zero-order valence-corrected chi connectivity index (χ0v) is 10.4. The average molecular weight is 233 g/mol. The highest BCUT2D eigenvalue weighted by molar-refractivity contribution is 5.94. The molecule has 1 N–H and O–H groups in total. The van der Waals surface area contributed by atoms with Crippen molar-refractivity contribution in [3.05, 3.63) is 29.3 Å². The number of carboxylic acids is 1. The minimum atomic E-state index is -0.831. The molecule has 0 aromatic heterocycles. The number of carbonyl (C=O) groups is 1. The molecule has 92 valence electrons. The Morgan fingerprint density at radius 1 is 1.47 bits per heavy atom. The summed E-state index contributed by atoms with van der Waals surface area (Å²) in [6.45, 7) is 6.11. The van der Waals surface area contributed by atoms with Crippen LogP contribution >= 0.6 is 0 Å². The molecule has 1 heterocycles. The molecule has 1 aromatic rings. The van der Waals surface area contributed by atoms with Gasteiger partial charge in [0.1, 0.15) is 0 Å². The number of rotatable bonds is 4. The van der Waals surface area contributed by atoms with Crippen molar-refractivity contribution in [2.24, 2.45) is 5.92 Å². The topological polar surface area (TPSA) is 40.5 Å². The molecule has 1 fully saturated rings. The predicted octanol–water partition coefficient (Wildman–Crippen LogP) is 2.93. The number of aromatic carboxylic acids is 1. The highest BCUT2D eigenvalue weighted by atomic mass is 16.4. The monoisotopic (exact) mass is 233 g/mol. The Morgan fingerprint density at radius 3 is 2.76 bits per heavy atom. The van der Waals surface area contributed by atoms with Gasteiger partial charge >= 0.3 is 5.97 Å². The molecule has 1 aliphatic heterocycles. The molecule has 0 amide bonds. The van der Waals surface area contributed by atoms with Crippen LogP contribution in [0, 0.1) is 12.8 Å². The van der Waals surface area contributed by atoms with Crippen molar-refractivity contribution in [1.82, 2.24) is 0 Å². The van der Waals surface area contributed by atoms with Gasteiger partial charge in [0.05, 0.1) is 11.3 Å². The van der Waals surface area contributed by atoms with Crippen LogP contribution in [0.15, 0.2) is 18.2 Å². The summed E-state index contributed by atoms with van der Waals surface area (Å²) in [5, 5.41) is 9.20. The molecule has 1 aromatic carbocycles. The van der Waals surface area contributed by atoms with Crippen LogP contribution in [0.2, 0.25) is 0 Å². The summed E-state index contributed by atoms with van der Waals surface area (Å²) in [7, 11) is 0. The summed E-state index contributed by atoms with van der Waals surface area (Å²) >= 11 is 0. The number of carboxylic acid groups (broad SMARTS) is 1. The van der Waals surface area contributed by atoms with E-state index in [-0.39, 0.29) is 0 Å². The molecule has 0 bridgehead atoms. The van der Waals surface area contributed by atoms with Gasteiger partial charge in [0.2, 0.25) is 0 Å². The zero-order chi connectivity index (χ0) is 12.4. The third-order valence-electron chi connectivity index (χ3n) is 3.38. The minimum Gasteiger partial charge on any atom is -0.478 e. The van der Waals surface area contributed by atoms with Crippen LogP contribution in [0.3, 0.4) is 0 Å². The SMILES string of the molecule is CCCC1CN(c2ccc(C)cc2C(=O)O)C1. The predicted molar refractivity (Wildman–Crippen MR) is 68.7 cm³/mol. The molecule has 0 atom stereocenters. The van der Waals surface area contributed by atoms with Gasteiger partial charge in [-0.25, -0.2) is 4.79 Å². The summed E-state index contributed by atoms with van der Waals surface area (Å²) in [5.74, 6) is -0.0920. The van der Waals surface area contributed by atoms with Crippen molar-refractivity contribution in [1.29, 1.82) is 0 Å². The molecule has 3 heteroatoms. The molecule has 17 heavy (non-hydrogen) atoms. The highest BCUT2D eigenvalue weighted by Gasteiger charge is 2.28. The second kappa shape index (κ2) is 4.78. The van der Waals surface area contributed by atoms with Crippen molar-refractivity contribution in [3.8, 4) is 0 Å². The lowest BCUT2D eigenvalue weighted by molar-refractivity contribution is 0.0697. The van der Waals surface area contributed by atoms with Gasteiger partial charge in [0, 0.05) is 13.1 Å². The molecule has 0 unspecified atom stereocenters.